The van der Waals surface area contributed by atoms with Crippen molar-refractivity contribution < 1.29 is 9.59 Å². The van der Waals surface area contributed by atoms with Gasteiger partial charge in [-0.2, -0.15) is 0 Å². The summed E-state index contributed by atoms with van der Waals surface area (Å²) in [6.45, 7) is 0. The van der Waals surface area contributed by atoms with Crippen LogP contribution in [0.5, 0.6) is 0 Å². The Hall–Kier alpha value is -2.69. The van der Waals surface area contributed by atoms with E-state index in [1.54, 1.807) is 30.5 Å². The summed E-state index contributed by atoms with van der Waals surface area (Å²) < 4.78 is 0. The van der Waals surface area contributed by atoms with Crippen LogP contribution in [0.2, 0.25) is 0 Å². The maximum absolute atomic E-state index is 12.1. The van der Waals surface area contributed by atoms with E-state index in [2.05, 4.69) is 15.6 Å². The summed E-state index contributed by atoms with van der Waals surface area (Å²) in [4.78, 5) is 27.6. The van der Waals surface area contributed by atoms with E-state index in [0.29, 0.717) is 17.8 Å². The lowest BCUT2D eigenvalue weighted by molar-refractivity contribution is -0.116. The maximum atomic E-state index is 12.1. The molecule has 106 valence electrons. The van der Waals surface area contributed by atoms with Crippen LogP contribution in [0.3, 0.4) is 0 Å². The standard InChI is InChI=1S/C16H15N3O2/c20-15-6-3-4-11-10-12(7-8-13(11)19-15)18-16(21)14-5-1-2-9-17-14/h1-2,5,7-10H,3-4,6H2,(H,18,21)(H,19,20). The van der Waals surface area contributed by atoms with Crippen LogP contribution in [0.25, 0.3) is 0 Å². The molecule has 1 aliphatic heterocycles. The van der Waals surface area contributed by atoms with Gasteiger partial charge >= 0.3 is 0 Å². The third kappa shape index (κ3) is 3.08. The highest BCUT2D eigenvalue weighted by molar-refractivity contribution is 6.03. The van der Waals surface area contributed by atoms with Crippen LogP contribution in [0.15, 0.2) is 42.6 Å². The fraction of sp³-hybridized carbons (Fsp3) is 0.188. The number of anilines is 2. The van der Waals surface area contributed by atoms with Crippen molar-refractivity contribution >= 4 is 23.2 Å². The first-order valence-corrected chi connectivity index (χ1v) is 6.87. The van der Waals surface area contributed by atoms with Crippen molar-refractivity contribution in [3.63, 3.8) is 0 Å². The van der Waals surface area contributed by atoms with Gasteiger partial charge in [-0.15, -0.1) is 0 Å². The van der Waals surface area contributed by atoms with Gasteiger partial charge in [-0.05, 0) is 48.7 Å². The van der Waals surface area contributed by atoms with E-state index in [9.17, 15) is 9.59 Å². The lowest BCUT2D eigenvalue weighted by atomic mass is 10.1. The minimum atomic E-state index is -0.242. The van der Waals surface area contributed by atoms with Gasteiger partial charge in [0.05, 0.1) is 0 Å². The van der Waals surface area contributed by atoms with Crippen LogP contribution < -0.4 is 10.6 Å². The Bertz CT molecular complexity index is 683. The van der Waals surface area contributed by atoms with E-state index in [1.807, 2.05) is 12.1 Å². The Morgan fingerprint density at radius 3 is 2.90 bits per heavy atom. The number of nitrogens with one attached hydrogen (secondary N) is 2. The molecule has 2 amide bonds. The van der Waals surface area contributed by atoms with Crippen LogP contribution >= 0.6 is 0 Å². The highest BCUT2D eigenvalue weighted by atomic mass is 16.2. The summed E-state index contributed by atoms with van der Waals surface area (Å²) in [6.07, 6.45) is 3.75. The van der Waals surface area contributed by atoms with E-state index < -0.39 is 0 Å². The second kappa shape index (κ2) is 5.75. The Balaban J connectivity index is 1.80. The quantitative estimate of drug-likeness (QED) is 0.888. The summed E-state index contributed by atoms with van der Waals surface area (Å²) in [5.74, 6) is -0.202. The number of hydrogen-bond donors (Lipinski definition) is 2. The van der Waals surface area contributed by atoms with Crippen molar-refractivity contribution in [2.45, 2.75) is 19.3 Å². The zero-order valence-corrected chi connectivity index (χ0v) is 11.4. The monoisotopic (exact) mass is 281 g/mol. The fourth-order valence-corrected chi connectivity index (χ4v) is 2.34. The number of pyridine rings is 1. The van der Waals surface area contributed by atoms with E-state index in [0.717, 1.165) is 24.1 Å². The van der Waals surface area contributed by atoms with Crippen molar-refractivity contribution in [3.8, 4) is 0 Å². The lowest BCUT2D eigenvalue weighted by Gasteiger charge is -2.10. The third-order valence-corrected chi connectivity index (χ3v) is 3.38. The third-order valence-electron chi connectivity index (χ3n) is 3.38. The molecule has 5 nitrogen and oxygen atoms in total. The number of aromatic nitrogens is 1. The molecule has 2 heterocycles. The number of amides is 2. The van der Waals surface area contributed by atoms with E-state index in [-0.39, 0.29) is 11.8 Å². The number of fused-ring (bicyclic) bond motifs is 1. The Morgan fingerprint density at radius 2 is 2.10 bits per heavy atom. The van der Waals surface area contributed by atoms with Crippen LogP contribution in [0.4, 0.5) is 11.4 Å². The van der Waals surface area contributed by atoms with Gasteiger partial charge in [-0.25, -0.2) is 0 Å². The molecule has 0 unspecified atom stereocenters. The molecule has 0 fully saturated rings. The first-order chi connectivity index (χ1) is 10.2. The molecule has 3 rings (SSSR count). The fourth-order valence-electron chi connectivity index (χ4n) is 2.34. The van der Waals surface area contributed by atoms with Crippen molar-refractivity contribution in [1.82, 2.24) is 4.98 Å². The molecule has 0 saturated carbocycles. The molecular weight excluding hydrogens is 266 g/mol. The number of carbonyl (C=O) groups is 2. The summed E-state index contributed by atoms with van der Waals surface area (Å²) in [5, 5.41) is 5.70. The lowest BCUT2D eigenvalue weighted by Crippen LogP contribution is -2.14. The molecule has 0 atom stereocenters. The molecule has 2 aromatic rings. The van der Waals surface area contributed by atoms with Gasteiger partial charge < -0.3 is 10.6 Å². The van der Waals surface area contributed by atoms with Crippen LogP contribution in [0.1, 0.15) is 28.9 Å². The number of benzene rings is 1. The Kier molecular flexibility index (Phi) is 3.64. The van der Waals surface area contributed by atoms with E-state index in [1.165, 1.54) is 0 Å². The molecule has 21 heavy (non-hydrogen) atoms. The first-order valence-electron chi connectivity index (χ1n) is 6.87. The molecule has 0 bridgehead atoms. The predicted molar refractivity (Wildman–Crippen MR) is 80.2 cm³/mol. The van der Waals surface area contributed by atoms with Crippen molar-refractivity contribution in [2.24, 2.45) is 0 Å². The van der Waals surface area contributed by atoms with E-state index >= 15 is 0 Å². The average Bonchev–Trinajstić information content (AvgIpc) is 2.68. The minimum absolute atomic E-state index is 0.0408. The molecule has 0 spiro atoms. The van der Waals surface area contributed by atoms with Crippen molar-refractivity contribution in [1.29, 1.82) is 0 Å². The first kappa shape index (κ1) is 13.3. The van der Waals surface area contributed by atoms with Gasteiger partial charge in [0.25, 0.3) is 5.91 Å². The number of nitrogens with zero attached hydrogens (tertiary/aromatic N) is 1. The second-order valence-electron chi connectivity index (χ2n) is 4.94. The van der Waals surface area contributed by atoms with Gasteiger partial charge in [0.15, 0.2) is 0 Å². The summed E-state index contributed by atoms with van der Waals surface area (Å²) in [6, 6.07) is 10.7. The van der Waals surface area contributed by atoms with Gasteiger partial charge in [0.2, 0.25) is 5.91 Å². The van der Waals surface area contributed by atoms with Gasteiger partial charge in [-0.1, -0.05) is 6.07 Å². The van der Waals surface area contributed by atoms with Gasteiger partial charge in [0, 0.05) is 24.0 Å². The highest BCUT2D eigenvalue weighted by Crippen LogP contribution is 2.25. The second-order valence-corrected chi connectivity index (χ2v) is 4.94. The van der Waals surface area contributed by atoms with Crippen LogP contribution in [-0.2, 0) is 11.2 Å². The van der Waals surface area contributed by atoms with Gasteiger partial charge in [-0.3, -0.25) is 14.6 Å². The minimum Gasteiger partial charge on any atom is -0.326 e. The predicted octanol–water partition coefficient (Wildman–Crippen LogP) is 2.61. The number of hydrogen-bond acceptors (Lipinski definition) is 3. The van der Waals surface area contributed by atoms with Crippen LogP contribution in [-0.4, -0.2) is 16.8 Å². The molecule has 0 radical (unpaired) electrons. The maximum Gasteiger partial charge on any atom is 0.274 e. The SMILES string of the molecule is O=C1CCCc2cc(NC(=O)c3ccccn3)ccc2N1. The molecule has 1 aromatic heterocycles. The summed E-state index contributed by atoms with van der Waals surface area (Å²) >= 11 is 0. The molecule has 0 saturated heterocycles. The van der Waals surface area contributed by atoms with Crippen molar-refractivity contribution in [3.05, 3.63) is 53.9 Å². The molecular formula is C16H15N3O2. The smallest absolute Gasteiger partial charge is 0.274 e. The topological polar surface area (TPSA) is 71.1 Å². The van der Waals surface area contributed by atoms with Crippen molar-refractivity contribution in [2.75, 3.05) is 10.6 Å². The molecule has 1 aromatic carbocycles. The largest absolute Gasteiger partial charge is 0.326 e. The van der Waals surface area contributed by atoms with E-state index in [4.69, 9.17) is 0 Å². The Morgan fingerprint density at radius 1 is 1.19 bits per heavy atom. The molecule has 0 aliphatic carbocycles. The average molecular weight is 281 g/mol. The zero-order chi connectivity index (χ0) is 14.7. The zero-order valence-electron chi connectivity index (χ0n) is 11.4. The summed E-state index contributed by atoms with van der Waals surface area (Å²) in [7, 11) is 0. The molecule has 1 aliphatic rings. The Labute approximate surface area is 122 Å². The normalized spacial score (nSPS) is 13.8. The number of aryl methyl sites for hydroxylation is 1. The van der Waals surface area contributed by atoms with Gasteiger partial charge in [0.1, 0.15) is 5.69 Å². The van der Waals surface area contributed by atoms with Crippen LogP contribution in [0, 0.1) is 0 Å². The highest BCUT2D eigenvalue weighted by Gasteiger charge is 2.14. The molecule has 2 N–H and O–H groups in total. The number of rotatable bonds is 2. The molecule has 5 heteroatoms. The summed E-state index contributed by atoms with van der Waals surface area (Å²) in [5.41, 5.74) is 2.95. The number of carbonyl (C=O) groups excluding carboxylic acids is 2.